The van der Waals surface area contributed by atoms with Crippen LogP contribution in [0.1, 0.15) is 12.5 Å². The van der Waals surface area contributed by atoms with E-state index < -0.39 is 0 Å². The first kappa shape index (κ1) is 13.4. The minimum atomic E-state index is -0.383. The van der Waals surface area contributed by atoms with Gasteiger partial charge in [-0.1, -0.05) is 17.7 Å². The van der Waals surface area contributed by atoms with E-state index >= 15 is 0 Å². The van der Waals surface area contributed by atoms with E-state index in [2.05, 4.69) is 5.32 Å². The SMILES string of the molecule is CNC(Cc1ccc(F)c(Cl)c1)C(C)OC. The van der Waals surface area contributed by atoms with Crippen LogP contribution in [-0.2, 0) is 11.2 Å². The highest BCUT2D eigenvalue weighted by molar-refractivity contribution is 6.30. The van der Waals surface area contributed by atoms with Gasteiger partial charge in [0.1, 0.15) is 5.82 Å². The second-order valence-corrected chi connectivity index (χ2v) is 4.20. The van der Waals surface area contributed by atoms with Gasteiger partial charge in [0.2, 0.25) is 0 Å². The van der Waals surface area contributed by atoms with Gasteiger partial charge in [0.25, 0.3) is 0 Å². The zero-order chi connectivity index (χ0) is 12.1. The summed E-state index contributed by atoms with van der Waals surface area (Å²) in [6.07, 6.45) is 0.847. The summed E-state index contributed by atoms with van der Waals surface area (Å²) in [5, 5.41) is 3.34. The number of halogens is 2. The van der Waals surface area contributed by atoms with Gasteiger partial charge in [0.15, 0.2) is 0 Å². The van der Waals surface area contributed by atoms with Crippen molar-refractivity contribution in [1.82, 2.24) is 5.32 Å². The molecule has 0 aliphatic carbocycles. The van der Waals surface area contributed by atoms with E-state index in [1.54, 1.807) is 19.2 Å². The molecule has 1 rings (SSSR count). The summed E-state index contributed by atoms with van der Waals surface area (Å²) in [7, 11) is 3.55. The second-order valence-electron chi connectivity index (χ2n) is 3.79. The van der Waals surface area contributed by atoms with Gasteiger partial charge in [0.05, 0.1) is 11.1 Å². The Labute approximate surface area is 101 Å². The molecule has 0 saturated carbocycles. The maximum Gasteiger partial charge on any atom is 0.141 e. The van der Waals surface area contributed by atoms with Crippen molar-refractivity contribution in [2.75, 3.05) is 14.2 Å². The number of rotatable bonds is 5. The standard InChI is InChI=1S/C12H17ClFNO/c1-8(16-3)12(15-2)7-9-4-5-11(14)10(13)6-9/h4-6,8,12,15H,7H2,1-3H3. The van der Waals surface area contributed by atoms with E-state index in [0.717, 1.165) is 12.0 Å². The Balaban J connectivity index is 2.74. The maximum atomic E-state index is 13.0. The molecule has 0 radical (unpaired) electrons. The molecular weight excluding hydrogens is 229 g/mol. The minimum absolute atomic E-state index is 0.0915. The summed E-state index contributed by atoms with van der Waals surface area (Å²) in [5.41, 5.74) is 0.995. The number of ether oxygens (including phenoxy) is 1. The zero-order valence-corrected chi connectivity index (χ0v) is 10.5. The van der Waals surface area contributed by atoms with Gasteiger partial charge < -0.3 is 10.1 Å². The lowest BCUT2D eigenvalue weighted by molar-refractivity contribution is 0.0857. The lowest BCUT2D eigenvalue weighted by atomic mass is 10.0. The molecule has 4 heteroatoms. The van der Waals surface area contributed by atoms with Gasteiger partial charge in [-0.2, -0.15) is 0 Å². The molecule has 0 saturated heterocycles. The molecule has 0 fully saturated rings. The summed E-state index contributed by atoms with van der Waals surface area (Å²) in [6.45, 7) is 1.99. The number of hydrogen-bond acceptors (Lipinski definition) is 2. The lowest BCUT2D eigenvalue weighted by Crippen LogP contribution is -2.38. The molecule has 0 amide bonds. The number of methoxy groups -OCH3 is 1. The first-order valence-electron chi connectivity index (χ1n) is 5.22. The number of hydrogen-bond donors (Lipinski definition) is 1. The van der Waals surface area contributed by atoms with Crippen LogP contribution in [0.4, 0.5) is 4.39 Å². The van der Waals surface area contributed by atoms with Gasteiger partial charge in [-0.15, -0.1) is 0 Å². The lowest BCUT2D eigenvalue weighted by Gasteiger charge is -2.22. The highest BCUT2D eigenvalue weighted by atomic mass is 35.5. The molecule has 0 heterocycles. The molecule has 1 aromatic rings. The highest BCUT2D eigenvalue weighted by Crippen LogP contribution is 2.17. The Bertz CT molecular complexity index is 346. The number of likely N-dealkylation sites (N-methyl/N-ethyl adjacent to an activating group) is 1. The van der Waals surface area contributed by atoms with E-state index in [9.17, 15) is 4.39 Å². The van der Waals surface area contributed by atoms with E-state index in [1.807, 2.05) is 14.0 Å². The third-order valence-corrected chi connectivity index (χ3v) is 3.04. The Hall–Kier alpha value is -0.640. The van der Waals surface area contributed by atoms with Gasteiger partial charge in [-0.3, -0.25) is 0 Å². The minimum Gasteiger partial charge on any atom is -0.380 e. The van der Waals surface area contributed by atoms with Gasteiger partial charge in [-0.05, 0) is 38.1 Å². The van der Waals surface area contributed by atoms with Crippen molar-refractivity contribution in [3.05, 3.63) is 34.6 Å². The summed E-state index contributed by atoms with van der Waals surface area (Å²) in [6, 6.07) is 4.98. The zero-order valence-electron chi connectivity index (χ0n) is 9.76. The van der Waals surface area contributed by atoms with Gasteiger partial charge in [0, 0.05) is 13.2 Å². The molecule has 16 heavy (non-hydrogen) atoms. The Morgan fingerprint density at radius 1 is 1.50 bits per heavy atom. The fourth-order valence-electron chi connectivity index (χ4n) is 1.59. The molecular formula is C12H17ClFNO. The first-order chi connectivity index (χ1) is 7.58. The van der Waals surface area contributed by atoms with E-state index in [1.165, 1.54) is 6.07 Å². The fraction of sp³-hybridized carbons (Fsp3) is 0.500. The van der Waals surface area contributed by atoms with Crippen molar-refractivity contribution in [3.8, 4) is 0 Å². The first-order valence-corrected chi connectivity index (χ1v) is 5.60. The van der Waals surface area contributed by atoms with Crippen LogP contribution in [0.3, 0.4) is 0 Å². The van der Waals surface area contributed by atoms with Crippen LogP contribution in [0.15, 0.2) is 18.2 Å². The summed E-state index contributed by atoms with van der Waals surface area (Å²) >= 11 is 5.73. The summed E-state index contributed by atoms with van der Waals surface area (Å²) < 4.78 is 18.2. The van der Waals surface area contributed by atoms with E-state index in [4.69, 9.17) is 16.3 Å². The van der Waals surface area contributed by atoms with Crippen molar-refractivity contribution in [1.29, 1.82) is 0 Å². The molecule has 1 N–H and O–H groups in total. The molecule has 0 bridgehead atoms. The average Bonchev–Trinajstić information content (AvgIpc) is 2.29. The predicted molar refractivity (Wildman–Crippen MR) is 64.4 cm³/mol. The third kappa shape index (κ3) is 3.44. The van der Waals surface area contributed by atoms with Crippen molar-refractivity contribution < 1.29 is 9.13 Å². The molecule has 0 aliphatic heterocycles. The van der Waals surface area contributed by atoms with Crippen LogP contribution in [-0.4, -0.2) is 26.3 Å². The van der Waals surface area contributed by atoms with E-state index in [-0.39, 0.29) is 23.0 Å². The van der Waals surface area contributed by atoms with Crippen LogP contribution in [0.25, 0.3) is 0 Å². The largest absolute Gasteiger partial charge is 0.380 e. The molecule has 2 unspecified atom stereocenters. The van der Waals surface area contributed by atoms with Crippen molar-refractivity contribution in [3.63, 3.8) is 0 Å². The quantitative estimate of drug-likeness (QED) is 0.861. The predicted octanol–water partition coefficient (Wildman–Crippen LogP) is 2.64. The topological polar surface area (TPSA) is 21.3 Å². The molecule has 90 valence electrons. The monoisotopic (exact) mass is 245 g/mol. The molecule has 2 atom stereocenters. The van der Waals surface area contributed by atoms with Crippen LogP contribution in [0.5, 0.6) is 0 Å². The molecule has 1 aromatic carbocycles. The summed E-state index contributed by atoms with van der Waals surface area (Å²) in [5.74, 6) is -0.383. The number of nitrogens with one attached hydrogen (secondary N) is 1. The second kappa shape index (κ2) is 6.18. The average molecular weight is 246 g/mol. The van der Waals surface area contributed by atoms with E-state index in [0.29, 0.717) is 0 Å². The van der Waals surface area contributed by atoms with Crippen LogP contribution in [0.2, 0.25) is 5.02 Å². The van der Waals surface area contributed by atoms with Crippen molar-refractivity contribution in [2.45, 2.75) is 25.5 Å². The van der Waals surface area contributed by atoms with Crippen molar-refractivity contribution >= 4 is 11.6 Å². The third-order valence-electron chi connectivity index (χ3n) is 2.75. The maximum absolute atomic E-state index is 13.0. The molecule has 0 aliphatic rings. The normalized spacial score (nSPS) is 14.8. The smallest absolute Gasteiger partial charge is 0.141 e. The van der Waals surface area contributed by atoms with Crippen LogP contribution >= 0.6 is 11.6 Å². The van der Waals surface area contributed by atoms with Crippen molar-refractivity contribution in [2.24, 2.45) is 0 Å². The number of benzene rings is 1. The summed E-state index contributed by atoms with van der Waals surface area (Å²) in [4.78, 5) is 0. The fourth-order valence-corrected chi connectivity index (χ4v) is 1.79. The molecule has 2 nitrogen and oxygen atoms in total. The molecule has 0 aromatic heterocycles. The highest BCUT2D eigenvalue weighted by Gasteiger charge is 2.15. The van der Waals surface area contributed by atoms with Gasteiger partial charge in [-0.25, -0.2) is 4.39 Å². The van der Waals surface area contributed by atoms with Crippen LogP contribution < -0.4 is 5.32 Å². The Morgan fingerprint density at radius 2 is 2.19 bits per heavy atom. The Morgan fingerprint density at radius 3 is 2.69 bits per heavy atom. The Kier molecular flexibility index (Phi) is 5.19. The van der Waals surface area contributed by atoms with Gasteiger partial charge >= 0.3 is 0 Å². The van der Waals surface area contributed by atoms with Crippen LogP contribution in [0, 0.1) is 5.82 Å². The molecule has 0 spiro atoms.